The third kappa shape index (κ3) is 4.55. The summed E-state index contributed by atoms with van der Waals surface area (Å²) in [5.74, 6) is -0.271. The molecule has 0 unspecified atom stereocenters. The Morgan fingerprint density at radius 3 is 2.17 bits per heavy atom. The van der Waals surface area contributed by atoms with Gasteiger partial charge < -0.3 is 15.2 Å². The van der Waals surface area contributed by atoms with E-state index in [0.29, 0.717) is 25.7 Å². The van der Waals surface area contributed by atoms with E-state index in [-0.39, 0.29) is 11.9 Å². The van der Waals surface area contributed by atoms with E-state index in [1.165, 1.54) is 0 Å². The molecule has 1 aliphatic carbocycles. The van der Waals surface area contributed by atoms with Crippen molar-refractivity contribution < 1.29 is 19.4 Å². The van der Waals surface area contributed by atoms with Gasteiger partial charge in [-0.1, -0.05) is 0 Å². The van der Waals surface area contributed by atoms with Crippen LogP contribution in [0, 0.1) is 5.92 Å². The number of amides is 1. The van der Waals surface area contributed by atoms with E-state index in [9.17, 15) is 9.59 Å². The number of carboxylic acid groups (broad SMARTS) is 1. The van der Waals surface area contributed by atoms with Crippen LogP contribution in [0.5, 0.6) is 0 Å². The van der Waals surface area contributed by atoms with Crippen LogP contribution in [0.15, 0.2) is 0 Å². The van der Waals surface area contributed by atoms with Gasteiger partial charge >= 0.3 is 12.1 Å². The van der Waals surface area contributed by atoms with Crippen molar-refractivity contribution in [1.29, 1.82) is 0 Å². The SMILES string of the molecule is CC1(NC(=O)O)CCC(C(=O)OC(C)(C)C)CC1. The van der Waals surface area contributed by atoms with Crippen molar-refractivity contribution in [3.63, 3.8) is 0 Å². The van der Waals surface area contributed by atoms with Gasteiger partial charge in [0.15, 0.2) is 0 Å². The highest BCUT2D eigenvalue weighted by Gasteiger charge is 2.36. The molecule has 0 aromatic rings. The van der Waals surface area contributed by atoms with Crippen LogP contribution in [-0.4, -0.2) is 28.3 Å². The van der Waals surface area contributed by atoms with Gasteiger partial charge in [-0.3, -0.25) is 4.79 Å². The summed E-state index contributed by atoms with van der Waals surface area (Å²) in [6, 6.07) is 0. The second-order valence-electron chi connectivity index (χ2n) is 6.30. The molecule has 5 nitrogen and oxygen atoms in total. The predicted molar refractivity (Wildman–Crippen MR) is 67.4 cm³/mol. The quantitative estimate of drug-likeness (QED) is 0.745. The molecule has 0 atom stereocenters. The monoisotopic (exact) mass is 257 g/mol. The van der Waals surface area contributed by atoms with Gasteiger partial charge in [-0.15, -0.1) is 0 Å². The third-order valence-electron chi connectivity index (χ3n) is 3.24. The molecule has 5 heteroatoms. The number of hydrogen-bond acceptors (Lipinski definition) is 3. The normalized spacial score (nSPS) is 28.6. The molecule has 1 amide bonds. The van der Waals surface area contributed by atoms with Gasteiger partial charge in [0.2, 0.25) is 0 Å². The van der Waals surface area contributed by atoms with Gasteiger partial charge in [0.25, 0.3) is 0 Å². The molecule has 1 saturated carbocycles. The van der Waals surface area contributed by atoms with Crippen molar-refractivity contribution in [3.05, 3.63) is 0 Å². The lowest BCUT2D eigenvalue weighted by molar-refractivity contribution is -0.161. The summed E-state index contributed by atoms with van der Waals surface area (Å²) in [5.41, 5.74) is -0.874. The second-order valence-corrected chi connectivity index (χ2v) is 6.30. The molecule has 0 aliphatic heterocycles. The minimum Gasteiger partial charge on any atom is -0.465 e. The van der Waals surface area contributed by atoms with Crippen molar-refractivity contribution in [2.75, 3.05) is 0 Å². The van der Waals surface area contributed by atoms with E-state index in [0.717, 1.165) is 0 Å². The summed E-state index contributed by atoms with van der Waals surface area (Å²) < 4.78 is 5.35. The molecule has 2 N–H and O–H groups in total. The first-order valence-electron chi connectivity index (χ1n) is 6.35. The fourth-order valence-corrected chi connectivity index (χ4v) is 2.26. The molecule has 0 aromatic heterocycles. The predicted octanol–water partition coefficient (Wildman–Crippen LogP) is 2.54. The summed E-state index contributed by atoms with van der Waals surface area (Å²) in [6.07, 6.45) is 1.68. The number of carbonyl (C=O) groups is 2. The van der Waals surface area contributed by atoms with E-state index >= 15 is 0 Å². The van der Waals surface area contributed by atoms with Crippen LogP contribution in [0.3, 0.4) is 0 Å². The summed E-state index contributed by atoms with van der Waals surface area (Å²) >= 11 is 0. The molecule has 1 aliphatic rings. The molecule has 0 aromatic carbocycles. The standard InChI is InChI=1S/C13H23NO4/c1-12(2,3)18-10(15)9-5-7-13(4,8-6-9)14-11(16)17/h9,14H,5-8H2,1-4H3,(H,16,17). The zero-order valence-electron chi connectivity index (χ0n) is 11.6. The average Bonchev–Trinajstić information content (AvgIpc) is 2.13. The second kappa shape index (κ2) is 5.16. The fourth-order valence-electron chi connectivity index (χ4n) is 2.26. The van der Waals surface area contributed by atoms with Gasteiger partial charge in [-0.25, -0.2) is 4.79 Å². The Morgan fingerprint density at radius 1 is 1.28 bits per heavy atom. The van der Waals surface area contributed by atoms with Crippen molar-refractivity contribution in [2.45, 2.75) is 64.5 Å². The van der Waals surface area contributed by atoms with Gasteiger partial charge in [0.1, 0.15) is 5.60 Å². The minimum absolute atomic E-state index is 0.104. The summed E-state index contributed by atoms with van der Waals surface area (Å²) in [5, 5.41) is 11.3. The molecule has 0 radical (unpaired) electrons. The maximum absolute atomic E-state index is 11.9. The van der Waals surface area contributed by atoms with Crippen LogP contribution in [0.2, 0.25) is 0 Å². The Kier molecular flexibility index (Phi) is 4.24. The smallest absolute Gasteiger partial charge is 0.405 e. The summed E-state index contributed by atoms with van der Waals surface area (Å²) in [6.45, 7) is 7.43. The van der Waals surface area contributed by atoms with Crippen LogP contribution in [0.25, 0.3) is 0 Å². The average molecular weight is 257 g/mol. The molecule has 1 rings (SSSR count). The van der Waals surface area contributed by atoms with Crippen LogP contribution in [-0.2, 0) is 9.53 Å². The Balaban J connectivity index is 2.48. The molecule has 1 fully saturated rings. The van der Waals surface area contributed by atoms with Crippen molar-refractivity contribution in [1.82, 2.24) is 5.32 Å². The number of ether oxygens (including phenoxy) is 1. The Labute approximate surface area is 108 Å². The van der Waals surface area contributed by atoms with E-state index in [1.807, 2.05) is 27.7 Å². The third-order valence-corrected chi connectivity index (χ3v) is 3.24. The summed E-state index contributed by atoms with van der Waals surface area (Å²) in [7, 11) is 0. The first kappa shape index (κ1) is 14.8. The van der Waals surface area contributed by atoms with E-state index in [2.05, 4.69) is 5.32 Å². The topological polar surface area (TPSA) is 75.6 Å². The van der Waals surface area contributed by atoms with Crippen molar-refractivity contribution in [3.8, 4) is 0 Å². The Hall–Kier alpha value is -1.26. The van der Waals surface area contributed by atoms with Crippen LogP contribution < -0.4 is 5.32 Å². The molecular weight excluding hydrogens is 234 g/mol. The maximum Gasteiger partial charge on any atom is 0.405 e. The highest BCUT2D eigenvalue weighted by Crippen LogP contribution is 2.33. The molecular formula is C13H23NO4. The van der Waals surface area contributed by atoms with Crippen molar-refractivity contribution >= 4 is 12.1 Å². The van der Waals surface area contributed by atoms with Gasteiger partial charge in [0, 0.05) is 5.54 Å². The van der Waals surface area contributed by atoms with Crippen LogP contribution in [0.4, 0.5) is 4.79 Å². The fraction of sp³-hybridized carbons (Fsp3) is 0.846. The molecule has 0 bridgehead atoms. The van der Waals surface area contributed by atoms with Gasteiger partial charge in [-0.2, -0.15) is 0 Å². The molecule has 18 heavy (non-hydrogen) atoms. The molecule has 0 saturated heterocycles. The Morgan fingerprint density at radius 2 is 1.78 bits per heavy atom. The van der Waals surface area contributed by atoms with Gasteiger partial charge in [-0.05, 0) is 53.4 Å². The largest absolute Gasteiger partial charge is 0.465 e. The highest BCUT2D eigenvalue weighted by atomic mass is 16.6. The molecule has 0 spiro atoms. The first-order valence-corrected chi connectivity index (χ1v) is 6.35. The van der Waals surface area contributed by atoms with Crippen LogP contribution >= 0.6 is 0 Å². The highest BCUT2D eigenvalue weighted by molar-refractivity contribution is 5.73. The van der Waals surface area contributed by atoms with Crippen molar-refractivity contribution in [2.24, 2.45) is 5.92 Å². The molecule has 0 heterocycles. The zero-order chi connectivity index (χ0) is 14.0. The van der Waals surface area contributed by atoms with Crippen LogP contribution in [0.1, 0.15) is 53.4 Å². The lowest BCUT2D eigenvalue weighted by Gasteiger charge is -2.37. The molecule has 104 valence electrons. The summed E-state index contributed by atoms with van der Waals surface area (Å²) in [4.78, 5) is 22.6. The first-order chi connectivity index (χ1) is 8.11. The number of rotatable bonds is 2. The maximum atomic E-state index is 11.9. The number of esters is 1. The lowest BCUT2D eigenvalue weighted by Crippen LogP contribution is -2.48. The van der Waals surface area contributed by atoms with E-state index in [1.54, 1.807) is 0 Å². The number of carbonyl (C=O) groups excluding carboxylic acids is 1. The number of nitrogens with one attached hydrogen (secondary N) is 1. The number of hydrogen-bond donors (Lipinski definition) is 2. The lowest BCUT2D eigenvalue weighted by atomic mass is 9.77. The van der Waals surface area contributed by atoms with E-state index < -0.39 is 17.2 Å². The Bertz CT molecular complexity index is 324. The minimum atomic E-state index is -1.01. The van der Waals surface area contributed by atoms with Gasteiger partial charge in [0.05, 0.1) is 5.92 Å². The zero-order valence-corrected chi connectivity index (χ0v) is 11.6. The van der Waals surface area contributed by atoms with E-state index in [4.69, 9.17) is 9.84 Å².